The lowest BCUT2D eigenvalue weighted by atomic mass is 10.1. The third-order valence-electron chi connectivity index (χ3n) is 4.42. The highest BCUT2D eigenvalue weighted by atomic mass is 16.5. The number of carbonyl (C=O) groups excluding carboxylic acids is 2. The quantitative estimate of drug-likeness (QED) is 0.786. The van der Waals surface area contributed by atoms with Crippen molar-refractivity contribution in [2.24, 2.45) is 0 Å². The van der Waals surface area contributed by atoms with E-state index < -0.39 is 6.10 Å². The van der Waals surface area contributed by atoms with E-state index in [9.17, 15) is 9.59 Å². The molecule has 0 aromatic heterocycles. The van der Waals surface area contributed by atoms with Crippen molar-refractivity contribution in [1.82, 2.24) is 0 Å². The van der Waals surface area contributed by atoms with E-state index in [1.807, 2.05) is 6.07 Å². The second-order valence-corrected chi connectivity index (χ2v) is 6.52. The minimum Gasteiger partial charge on any atom is -0.494 e. The zero-order valence-corrected chi connectivity index (χ0v) is 15.8. The lowest BCUT2D eigenvalue weighted by molar-refractivity contribution is -0.125. The van der Waals surface area contributed by atoms with Gasteiger partial charge in [0, 0.05) is 18.3 Å². The van der Waals surface area contributed by atoms with Crippen LogP contribution in [0, 0.1) is 0 Å². The molecule has 0 saturated carbocycles. The largest absolute Gasteiger partial charge is 0.494 e. The first-order chi connectivity index (χ1) is 13.0. The second kappa shape index (κ2) is 8.12. The lowest BCUT2D eigenvalue weighted by Crippen LogP contribution is -2.41. The molecule has 6 nitrogen and oxygen atoms in total. The van der Waals surface area contributed by atoms with Crippen molar-refractivity contribution in [3.63, 3.8) is 0 Å². The van der Waals surface area contributed by atoms with Gasteiger partial charge in [0.05, 0.1) is 12.3 Å². The van der Waals surface area contributed by atoms with Crippen LogP contribution >= 0.6 is 0 Å². The summed E-state index contributed by atoms with van der Waals surface area (Å²) in [7, 11) is 1.70. The summed E-state index contributed by atoms with van der Waals surface area (Å²) in [5.41, 5.74) is 1.73. The maximum Gasteiger partial charge on any atom is 0.267 e. The van der Waals surface area contributed by atoms with Crippen LogP contribution in [0.1, 0.15) is 37.0 Å². The molecule has 1 aliphatic rings. The Labute approximate surface area is 159 Å². The molecule has 142 valence electrons. The number of nitrogens with zero attached hydrogens (tertiary/aromatic N) is 1. The zero-order chi connectivity index (χ0) is 19.4. The number of hydrogen-bond donors (Lipinski definition) is 1. The van der Waals surface area contributed by atoms with Crippen molar-refractivity contribution in [2.45, 2.75) is 32.8 Å². The van der Waals surface area contributed by atoms with E-state index in [-0.39, 0.29) is 11.8 Å². The Morgan fingerprint density at radius 1 is 1.26 bits per heavy atom. The number of likely N-dealkylation sites (N-methyl/N-ethyl adjacent to an activating group) is 1. The minimum absolute atomic E-state index is 0.122. The monoisotopic (exact) mass is 368 g/mol. The molecule has 0 spiro atoms. The topological polar surface area (TPSA) is 67.9 Å². The number of fused-ring (bicyclic) bond motifs is 1. The third-order valence-corrected chi connectivity index (χ3v) is 4.42. The van der Waals surface area contributed by atoms with Crippen LogP contribution in [0.15, 0.2) is 42.5 Å². The van der Waals surface area contributed by atoms with E-state index in [1.54, 1.807) is 55.3 Å². The summed E-state index contributed by atoms with van der Waals surface area (Å²) in [6.45, 7) is 4.45. The average Bonchev–Trinajstić information content (AvgIpc) is 2.67. The first-order valence-electron chi connectivity index (χ1n) is 9.12. The van der Waals surface area contributed by atoms with Crippen molar-refractivity contribution in [3.05, 3.63) is 48.0 Å². The maximum absolute atomic E-state index is 12.6. The first kappa shape index (κ1) is 18.8. The summed E-state index contributed by atoms with van der Waals surface area (Å²) < 4.78 is 11.3. The fourth-order valence-corrected chi connectivity index (χ4v) is 2.85. The van der Waals surface area contributed by atoms with Crippen LogP contribution in [-0.2, 0) is 4.79 Å². The van der Waals surface area contributed by atoms with Crippen LogP contribution < -0.4 is 19.7 Å². The van der Waals surface area contributed by atoms with Crippen molar-refractivity contribution in [3.8, 4) is 11.5 Å². The molecule has 0 saturated heterocycles. The van der Waals surface area contributed by atoms with Crippen LogP contribution in [0.4, 0.5) is 11.4 Å². The number of hydrogen-bond acceptors (Lipinski definition) is 4. The molecule has 1 atom stereocenters. The Morgan fingerprint density at radius 2 is 2.07 bits per heavy atom. The molecule has 6 heteroatoms. The standard InChI is InChI=1S/C21H24N2O4/c1-4-5-11-26-17-8-6-7-15(12-17)20(24)22-16-9-10-19-18(13-16)23(3)21(25)14(2)27-19/h6-10,12-14H,4-5,11H2,1-3H3,(H,22,24)/t14-/m0/s1. The van der Waals surface area contributed by atoms with Crippen molar-refractivity contribution in [1.29, 1.82) is 0 Å². The normalized spacial score (nSPS) is 15.7. The molecule has 2 amide bonds. The minimum atomic E-state index is -0.515. The average molecular weight is 368 g/mol. The number of unbranched alkanes of at least 4 members (excludes halogenated alkanes) is 1. The molecule has 3 rings (SSSR count). The van der Waals surface area contributed by atoms with E-state index >= 15 is 0 Å². The van der Waals surface area contributed by atoms with Crippen LogP contribution in [0.2, 0.25) is 0 Å². The molecule has 1 N–H and O–H groups in total. The van der Waals surface area contributed by atoms with Crippen LogP contribution in [0.5, 0.6) is 11.5 Å². The van der Waals surface area contributed by atoms with Crippen LogP contribution in [0.3, 0.4) is 0 Å². The van der Waals surface area contributed by atoms with Crippen molar-refractivity contribution in [2.75, 3.05) is 23.9 Å². The molecule has 0 bridgehead atoms. The van der Waals surface area contributed by atoms with Gasteiger partial charge >= 0.3 is 0 Å². The number of nitrogens with one attached hydrogen (secondary N) is 1. The Morgan fingerprint density at radius 3 is 2.85 bits per heavy atom. The molecule has 1 aliphatic heterocycles. The summed E-state index contributed by atoms with van der Waals surface area (Å²) >= 11 is 0. The predicted molar refractivity (Wildman–Crippen MR) is 105 cm³/mol. The van der Waals surface area contributed by atoms with Crippen molar-refractivity contribution < 1.29 is 19.1 Å². The highest BCUT2D eigenvalue weighted by Gasteiger charge is 2.29. The molecule has 2 aromatic rings. The maximum atomic E-state index is 12.6. The first-order valence-corrected chi connectivity index (χ1v) is 9.12. The van der Waals surface area contributed by atoms with Gasteiger partial charge in [-0.2, -0.15) is 0 Å². The molecule has 1 heterocycles. The van der Waals surface area contributed by atoms with Gasteiger partial charge in [0.1, 0.15) is 11.5 Å². The summed E-state index contributed by atoms with van der Waals surface area (Å²) in [6.07, 6.45) is 1.51. The van der Waals surface area contributed by atoms with E-state index in [0.29, 0.717) is 35.0 Å². The van der Waals surface area contributed by atoms with E-state index in [0.717, 1.165) is 12.8 Å². The molecule has 0 unspecified atom stereocenters. The molecule has 0 aliphatic carbocycles. The number of anilines is 2. The van der Waals surface area contributed by atoms with Gasteiger partial charge in [-0.3, -0.25) is 9.59 Å². The summed E-state index contributed by atoms with van der Waals surface area (Å²) in [5.74, 6) is 0.932. The molecular weight excluding hydrogens is 344 g/mol. The molecule has 0 radical (unpaired) electrons. The molecule has 0 fully saturated rings. The second-order valence-electron chi connectivity index (χ2n) is 6.52. The van der Waals surface area contributed by atoms with Gasteiger partial charge in [0.2, 0.25) is 0 Å². The van der Waals surface area contributed by atoms with Crippen LogP contribution in [-0.4, -0.2) is 31.6 Å². The summed E-state index contributed by atoms with van der Waals surface area (Å²) in [4.78, 5) is 26.2. The zero-order valence-electron chi connectivity index (χ0n) is 15.8. The van der Waals surface area contributed by atoms with E-state index in [2.05, 4.69) is 12.2 Å². The Balaban J connectivity index is 1.73. The number of ether oxygens (including phenoxy) is 2. The highest BCUT2D eigenvalue weighted by Crippen LogP contribution is 2.35. The highest BCUT2D eigenvalue weighted by molar-refractivity contribution is 6.05. The third kappa shape index (κ3) is 4.22. The number of rotatable bonds is 6. The van der Waals surface area contributed by atoms with Crippen molar-refractivity contribution >= 4 is 23.2 Å². The number of amides is 2. The predicted octanol–water partition coefficient (Wildman–Crippen LogP) is 3.86. The van der Waals surface area contributed by atoms with Gasteiger partial charge in [-0.1, -0.05) is 19.4 Å². The van der Waals surface area contributed by atoms with Crippen LogP contribution in [0.25, 0.3) is 0 Å². The fourth-order valence-electron chi connectivity index (χ4n) is 2.85. The molecule has 2 aromatic carbocycles. The van der Waals surface area contributed by atoms with Gasteiger partial charge in [-0.05, 0) is 49.7 Å². The number of benzene rings is 2. The number of carbonyl (C=O) groups is 2. The Hall–Kier alpha value is -3.02. The van der Waals surface area contributed by atoms with E-state index in [1.165, 1.54) is 0 Å². The van der Waals surface area contributed by atoms with Gasteiger partial charge in [0.15, 0.2) is 6.10 Å². The van der Waals surface area contributed by atoms with Gasteiger partial charge in [-0.15, -0.1) is 0 Å². The lowest BCUT2D eigenvalue weighted by Gasteiger charge is -2.30. The summed E-state index contributed by atoms with van der Waals surface area (Å²) in [6, 6.07) is 12.3. The smallest absolute Gasteiger partial charge is 0.267 e. The molecular formula is C21H24N2O4. The molecule has 27 heavy (non-hydrogen) atoms. The van der Waals surface area contributed by atoms with E-state index in [4.69, 9.17) is 9.47 Å². The van der Waals surface area contributed by atoms with Gasteiger partial charge in [0.25, 0.3) is 11.8 Å². The van der Waals surface area contributed by atoms with Gasteiger partial charge < -0.3 is 19.7 Å². The van der Waals surface area contributed by atoms with Gasteiger partial charge in [-0.25, -0.2) is 0 Å². The Bertz CT molecular complexity index is 850. The fraction of sp³-hybridized carbons (Fsp3) is 0.333. The Kier molecular flexibility index (Phi) is 5.64. The SMILES string of the molecule is CCCCOc1cccc(C(=O)Nc2ccc3c(c2)N(C)C(=O)[C@H](C)O3)c1. The summed E-state index contributed by atoms with van der Waals surface area (Å²) in [5, 5.41) is 2.86.